The third-order valence-electron chi connectivity index (χ3n) is 6.20. The first-order valence-electron chi connectivity index (χ1n) is 9.71. The third kappa shape index (κ3) is 2.60. The van der Waals surface area contributed by atoms with Gasteiger partial charge in [-0.15, -0.1) is 0 Å². The molecule has 0 unspecified atom stereocenters. The molecule has 1 fully saturated rings. The van der Waals surface area contributed by atoms with Crippen molar-refractivity contribution in [3.63, 3.8) is 0 Å². The van der Waals surface area contributed by atoms with E-state index in [1.807, 2.05) is 24.5 Å². The molecule has 4 heteroatoms. The first kappa shape index (κ1) is 17.5. The Hall–Kier alpha value is -2.56. The highest BCUT2D eigenvalue weighted by Crippen LogP contribution is 2.38. The van der Waals surface area contributed by atoms with E-state index in [4.69, 9.17) is 13.7 Å². The molecule has 1 aliphatic heterocycles. The summed E-state index contributed by atoms with van der Waals surface area (Å²) in [5.41, 5.74) is 3.45. The summed E-state index contributed by atoms with van der Waals surface area (Å²) < 4.78 is 18.5. The van der Waals surface area contributed by atoms with Crippen LogP contribution in [0.2, 0.25) is 0 Å². The molecule has 1 saturated heterocycles. The largest absolute Gasteiger partial charge is 0.495 e. The van der Waals surface area contributed by atoms with Crippen molar-refractivity contribution in [1.29, 1.82) is 0 Å². The van der Waals surface area contributed by atoms with Crippen LogP contribution in [0.5, 0.6) is 0 Å². The summed E-state index contributed by atoms with van der Waals surface area (Å²) in [6.07, 6.45) is 1.84. The van der Waals surface area contributed by atoms with Crippen molar-refractivity contribution in [2.24, 2.45) is 0 Å². The number of hydrogen-bond acceptors (Lipinski definition) is 3. The molecule has 0 atom stereocenters. The second-order valence-electron chi connectivity index (χ2n) is 8.52. The maximum atomic E-state index is 6.32. The molecule has 0 spiro atoms. The van der Waals surface area contributed by atoms with Crippen molar-refractivity contribution in [3.05, 3.63) is 66.9 Å². The Morgan fingerprint density at radius 1 is 0.750 bits per heavy atom. The standard InChI is InChI=1S/C24H23BO3/c1-23(2)24(3,4)28-25(27-23)21-12-8-11-17-13-22-19(14-18(17)21)20(15-26-22)16-9-6-5-7-10-16/h5-15H,1-4H3. The van der Waals surface area contributed by atoms with E-state index in [-0.39, 0.29) is 11.2 Å². The van der Waals surface area contributed by atoms with Gasteiger partial charge in [0.1, 0.15) is 5.58 Å². The fraction of sp³-hybridized carbons (Fsp3) is 0.250. The van der Waals surface area contributed by atoms with E-state index in [1.54, 1.807) is 0 Å². The second kappa shape index (κ2) is 5.97. The van der Waals surface area contributed by atoms with E-state index in [0.717, 1.165) is 38.3 Å². The number of fused-ring (bicyclic) bond motifs is 2. The summed E-state index contributed by atoms with van der Waals surface area (Å²) in [5, 5.41) is 3.35. The van der Waals surface area contributed by atoms with Gasteiger partial charge < -0.3 is 13.7 Å². The summed E-state index contributed by atoms with van der Waals surface area (Å²) in [6.45, 7) is 8.33. The molecule has 0 bridgehead atoms. The Labute approximate surface area is 165 Å². The lowest BCUT2D eigenvalue weighted by atomic mass is 9.76. The normalized spacial score (nSPS) is 18.2. The van der Waals surface area contributed by atoms with Crippen LogP contribution in [0, 0.1) is 0 Å². The summed E-state index contributed by atoms with van der Waals surface area (Å²) >= 11 is 0. The van der Waals surface area contributed by atoms with E-state index >= 15 is 0 Å². The zero-order valence-electron chi connectivity index (χ0n) is 16.7. The zero-order valence-corrected chi connectivity index (χ0v) is 16.7. The monoisotopic (exact) mass is 370 g/mol. The molecule has 1 aliphatic rings. The van der Waals surface area contributed by atoms with Gasteiger partial charge >= 0.3 is 7.12 Å². The molecule has 0 radical (unpaired) electrons. The van der Waals surface area contributed by atoms with Crippen LogP contribution in [0.25, 0.3) is 32.9 Å². The maximum absolute atomic E-state index is 6.32. The Morgan fingerprint density at radius 3 is 2.18 bits per heavy atom. The van der Waals surface area contributed by atoms with Gasteiger partial charge in [0.2, 0.25) is 0 Å². The van der Waals surface area contributed by atoms with Crippen molar-refractivity contribution in [2.75, 3.05) is 0 Å². The number of rotatable bonds is 2. The average molecular weight is 370 g/mol. The van der Waals surface area contributed by atoms with Crippen molar-refractivity contribution in [1.82, 2.24) is 0 Å². The Balaban J connectivity index is 1.70. The van der Waals surface area contributed by atoms with E-state index in [2.05, 4.69) is 70.2 Å². The minimum atomic E-state index is -0.391. The Kier molecular flexibility index (Phi) is 3.74. The quantitative estimate of drug-likeness (QED) is 0.434. The van der Waals surface area contributed by atoms with E-state index < -0.39 is 7.12 Å². The zero-order chi connectivity index (χ0) is 19.5. The number of hydrogen-bond donors (Lipinski definition) is 0. The minimum absolute atomic E-state index is 0.366. The van der Waals surface area contributed by atoms with Crippen molar-refractivity contribution < 1.29 is 13.7 Å². The van der Waals surface area contributed by atoms with Gasteiger partial charge in [-0.1, -0.05) is 48.5 Å². The molecule has 140 valence electrons. The molecule has 5 rings (SSSR count). The predicted molar refractivity (Wildman–Crippen MR) is 115 cm³/mol. The van der Waals surface area contributed by atoms with Gasteiger partial charge in [-0.2, -0.15) is 0 Å². The molecule has 0 saturated carbocycles. The van der Waals surface area contributed by atoms with E-state index in [9.17, 15) is 0 Å². The molecular formula is C24H23BO3. The SMILES string of the molecule is CC1(C)OB(c2cccc3cc4occ(-c5ccccc5)c4cc23)OC1(C)C. The first-order valence-corrected chi connectivity index (χ1v) is 9.71. The molecule has 0 aliphatic carbocycles. The summed E-state index contributed by atoms with van der Waals surface area (Å²) in [4.78, 5) is 0. The fourth-order valence-electron chi connectivity index (χ4n) is 3.84. The molecule has 4 aromatic rings. The van der Waals surface area contributed by atoms with Crippen molar-refractivity contribution in [2.45, 2.75) is 38.9 Å². The van der Waals surface area contributed by atoms with Crippen LogP contribution in [0.15, 0.2) is 71.3 Å². The fourth-order valence-corrected chi connectivity index (χ4v) is 3.84. The van der Waals surface area contributed by atoms with Crippen LogP contribution in [-0.2, 0) is 9.31 Å². The lowest BCUT2D eigenvalue weighted by molar-refractivity contribution is 0.00578. The van der Waals surface area contributed by atoms with Gasteiger partial charge in [-0.3, -0.25) is 0 Å². The van der Waals surface area contributed by atoms with Crippen molar-refractivity contribution >= 4 is 34.3 Å². The maximum Gasteiger partial charge on any atom is 0.495 e. The predicted octanol–water partition coefficient (Wildman–Crippen LogP) is 5.55. The molecule has 1 aromatic heterocycles. The average Bonchev–Trinajstić information content (AvgIpc) is 3.17. The van der Waals surface area contributed by atoms with Crippen LogP contribution >= 0.6 is 0 Å². The number of benzene rings is 3. The molecule has 0 amide bonds. The minimum Gasteiger partial charge on any atom is -0.464 e. The highest BCUT2D eigenvalue weighted by molar-refractivity contribution is 6.65. The topological polar surface area (TPSA) is 31.6 Å². The highest BCUT2D eigenvalue weighted by atomic mass is 16.7. The van der Waals surface area contributed by atoms with Crippen LogP contribution in [0.3, 0.4) is 0 Å². The third-order valence-corrected chi connectivity index (χ3v) is 6.20. The molecule has 3 nitrogen and oxygen atoms in total. The van der Waals surface area contributed by atoms with E-state index in [1.165, 1.54) is 0 Å². The van der Waals surface area contributed by atoms with E-state index in [0.29, 0.717) is 0 Å². The lowest BCUT2D eigenvalue weighted by Gasteiger charge is -2.32. The Morgan fingerprint density at radius 2 is 1.46 bits per heavy atom. The molecule has 2 heterocycles. The second-order valence-corrected chi connectivity index (χ2v) is 8.52. The van der Waals surface area contributed by atoms with Gasteiger partial charge in [0.25, 0.3) is 0 Å². The Bertz CT molecular complexity index is 1160. The van der Waals surface area contributed by atoms with Gasteiger partial charge in [0.05, 0.1) is 17.5 Å². The smallest absolute Gasteiger partial charge is 0.464 e. The molecule has 3 aromatic carbocycles. The van der Waals surface area contributed by atoms with Gasteiger partial charge in [0.15, 0.2) is 0 Å². The summed E-state index contributed by atoms with van der Waals surface area (Å²) in [6, 6.07) is 20.9. The molecule has 0 N–H and O–H groups in total. The molecule has 28 heavy (non-hydrogen) atoms. The van der Waals surface area contributed by atoms with Gasteiger partial charge in [-0.25, -0.2) is 0 Å². The molecular weight excluding hydrogens is 347 g/mol. The van der Waals surface area contributed by atoms with Crippen LogP contribution in [0.4, 0.5) is 0 Å². The van der Waals surface area contributed by atoms with Gasteiger partial charge in [-0.05, 0) is 61.6 Å². The first-order chi connectivity index (χ1) is 13.4. The van der Waals surface area contributed by atoms with Crippen LogP contribution in [0.1, 0.15) is 27.7 Å². The lowest BCUT2D eigenvalue weighted by Crippen LogP contribution is -2.41. The van der Waals surface area contributed by atoms with Gasteiger partial charge in [0, 0.05) is 10.9 Å². The highest BCUT2D eigenvalue weighted by Gasteiger charge is 2.52. The number of furan rings is 1. The summed E-state index contributed by atoms with van der Waals surface area (Å²) in [5.74, 6) is 0. The van der Waals surface area contributed by atoms with Crippen LogP contribution in [-0.4, -0.2) is 18.3 Å². The van der Waals surface area contributed by atoms with Crippen LogP contribution < -0.4 is 5.46 Å². The van der Waals surface area contributed by atoms with Crippen molar-refractivity contribution in [3.8, 4) is 11.1 Å². The summed E-state index contributed by atoms with van der Waals surface area (Å²) in [7, 11) is -0.391.